The molecule has 0 aromatic heterocycles. The Kier molecular flexibility index (Phi) is 6.19. The fraction of sp³-hybridized carbons (Fsp3) is 0.385. The average molecular weight is 263 g/mol. The first-order valence-electron chi connectivity index (χ1n) is 5.91. The van der Waals surface area contributed by atoms with Crippen molar-refractivity contribution in [2.24, 2.45) is 5.84 Å². The number of methoxy groups -OCH3 is 1. The molecule has 1 rings (SSSR count). The van der Waals surface area contributed by atoms with Gasteiger partial charge in [-0.1, -0.05) is 0 Å². The first-order valence-corrected chi connectivity index (χ1v) is 5.91. The second kappa shape index (κ2) is 7.95. The van der Waals surface area contributed by atoms with Crippen LogP contribution in [-0.2, 0) is 4.79 Å². The molecule has 0 aliphatic heterocycles. The highest BCUT2D eigenvalue weighted by molar-refractivity contribution is 5.75. The van der Waals surface area contributed by atoms with Crippen molar-refractivity contribution in [2.75, 3.05) is 13.7 Å². The van der Waals surface area contributed by atoms with Crippen LogP contribution in [0.2, 0.25) is 0 Å². The number of ether oxygens (including phenoxy) is 2. The molecule has 1 aromatic carbocycles. The molecule has 0 spiro atoms. The largest absolute Gasteiger partial charge is 0.493 e. The second-order valence-corrected chi connectivity index (χ2v) is 3.85. The van der Waals surface area contributed by atoms with E-state index in [1.165, 1.54) is 7.11 Å². The molecular formula is C13H17N3O3. The molecule has 0 aliphatic rings. The lowest BCUT2D eigenvalue weighted by molar-refractivity contribution is -0.121. The Bertz CT molecular complexity index is 469. The topological polar surface area (TPSA) is 97.4 Å². The number of amides is 1. The van der Waals surface area contributed by atoms with Crippen LogP contribution in [0.5, 0.6) is 11.5 Å². The monoisotopic (exact) mass is 263 g/mol. The molecule has 6 heteroatoms. The molecule has 0 saturated carbocycles. The SMILES string of the molecule is COc1cc(C#N)ccc1OCCCCC(=O)NN. The van der Waals surface area contributed by atoms with Gasteiger partial charge in [0.05, 0.1) is 25.3 Å². The van der Waals surface area contributed by atoms with Crippen LogP contribution in [0.1, 0.15) is 24.8 Å². The van der Waals surface area contributed by atoms with E-state index in [1.54, 1.807) is 18.2 Å². The van der Waals surface area contributed by atoms with E-state index in [0.29, 0.717) is 36.5 Å². The molecule has 0 fully saturated rings. The van der Waals surface area contributed by atoms with Crippen LogP contribution < -0.4 is 20.7 Å². The van der Waals surface area contributed by atoms with E-state index in [2.05, 4.69) is 5.43 Å². The number of nitrogens with two attached hydrogens (primary N) is 1. The van der Waals surface area contributed by atoms with Crippen LogP contribution in [0.4, 0.5) is 0 Å². The van der Waals surface area contributed by atoms with Crippen molar-refractivity contribution in [1.82, 2.24) is 5.43 Å². The number of nitriles is 1. The van der Waals surface area contributed by atoms with Gasteiger partial charge in [-0.3, -0.25) is 10.2 Å². The molecule has 0 unspecified atom stereocenters. The zero-order valence-corrected chi connectivity index (χ0v) is 10.8. The Morgan fingerprint density at radius 1 is 1.42 bits per heavy atom. The summed E-state index contributed by atoms with van der Waals surface area (Å²) in [5, 5.41) is 8.78. The summed E-state index contributed by atoms with van der Waals surface area (Å²) in [7, 11) is 1.52. The molecule has 6 nitrogen and oxygen atoms in total. The van der Waals surface area contributed by atoms with E-state index in [4.69, 9.17) is 20.6 Å². The van der Waals surface area contributed by atoms with Gasteiger partial charge in [0.15, 0.2) is 11.5 Å². The number of unbranched alkanes of at least 4 members (excludes halogenated alkanes) is 1. The standard InChI is InChI=1S/C13H17N3O3/c1-18-12-8-10(9-14)5-6-11(12)19-7-3-2-4-13(17)16-15/h5-6,8H,2-4,7,15H2,1H3,(H,16,17). The van der Waals surface area contributed by atoms with Crippen molar-refractivity contribution >= 4 is 5.91 Å². The molecule has 0 heterocycles. The zero-order chi connectivity index (χ0) is 14.1. The number of nitrogens with zero attached hydrogens (tertiary/aromatic N) is 1. The Labute approximate surface area is 112 Å². The molecular weight excluding hydrogens is 246 g/mol. The van der Waals surface area contributed by atoms with Crippen LogP contribution in [0.15, 0.2) is 18.2 Å². The lowest BCUT2D eigenvalue weighted by atomic mass is 10.2. The van der Waals surface area contributed by atoms with Gasteiger partial charge in [-0.25, -0.2) is 5.84 Å². The molecule has 3 N–H and O–H groups in total. The van der Waals surface area contributed by atoms with Gasteiger partial charge in [0.25, 0.3) is 0 Å². The first-order chi connectivity index (χ1) is 9.21. The predicted octanol–water partition coefficient (Wildman–Crippen LogP) is 1.11. The lowest BCUT2D eigenvalue weighted by Crippen LogP contribution is -2.29. The summed E-state index contributed by atoms with van der Waals surface area (Å²) in [5.74, 6) is 5.90. The third kappa shape index (κ3) is 4.85. The maximum Gasteiger partial charge on any atom is 0.233 e. The van der Waals surface area contributed by atoms with Crippen molar-refractivity contribution in [3.8, 4) is 17.6 Å². The summed E-state index contributed by atoms with van der Waals surface area (Å²) < 4.78 is 10.7. The van der Waals surface area contributed by atoms with Crippen molar-refractivity contribution in [3.05, 3.63) is 23.8 Å². The van der Waals surface area contributed by atoms with Gasteiger partial charge in [0.2, 0.25) is 5.91 Å². The maximum absolute atomic E-state index is 10.9. The number of rotatable bonds is 7. The number of hydrazine groups is 1. The molecule has 1 aromatic rings. The lowest BCUT2D eigenvalue weighted by Gasteiger charge is -2.10. The molecule has 0 bridgehead atoms. The highest BCUT2D eigenvalue weighted by Gasteiger charge is 2.05. The van der Waals surface area contributed by atoms with E-state index < -0.39 is 0 Å². The molecule has 19 heavy (non-hydrogen) atoms. The molecule has 102 valence electrons. The van der Waals surface area contributed by atoms with Gasteiger partial charge >= 0.3 is 0 Å². The van der Waals surface area contributed by atoms with Gasteiger partial charge in [0.1, 0.15) is 0 Å². The summed E-state index contributed by atoms with van der Waals surface area (Å²) in [4.78, 5) is 10.9. The number of benzene rings is 1. The summed E-state index contributed by atoms with van der Waals surface area (Å²) in [6.45, 7) is 0.472. The minimum Gasteiger partial charge on any atom is -0.493 e. The normalized spacial score (nSPS) is 9.53. The van der Waals surface area contributed by atoms with Crippen LogP contribution in [0.3, 0.4) is 0 Å². The number of carbonyl (C=O) groups is 1. The third-order valence-corrected chi connectivity index (χ3v) is 2.51. The van der Waals surface area contributed by atoms with E-state index in [0.717, 1.165) is 6.42 Å². The first kappa shape index (κ1) is 14.8. The fourth-order valence-electron chi connectivity index (χ4n) is 1.50. The van der Waals surface area contributed by atoms with Gasteiger partial charge in [-0.15, -0.1) is 0 Å². The van der Waals surface area contributed by atoms with Crippen molar-refractivity contribution in [1.29, 1.82) is 5.26 Å². The van der Waals surface area contributed by atoms with Gasteiger partial charge < -0.3 is 9.47 Å². The van der Waals surface area contributed by atoms with Gasteiger partial charge in [-0.2, -0.15) is 5.26 Å². The van der Waals surface area contributed by atoms with Crippen molar-refractivity contribution in [2.45, 2.75) is 19.3 Å². The minimum absolute atomic E-state index is 0.184. The average Bonchev–Trinajstić information content (AvgIpc) is 2.46. The molecule has 1 amide bonds. The van der Waals surface area contributed by atoms with Crippen LogP contribution in [-0.4, -0.2) is 19.6 Å². The van der Waals surface area contributed by atoms with Gasteiger partial charge in [0, 0.05) is 12.5 Å². The fourth-order valence-corrected chi connectivity index (χ4v) is 1.50. The van der Waals surface area contributed by atoms with Crippen LogP contribution in [0.25, 0.3) is 0 Å². The number of carbonyl (C=O) groups excluding carboxylic acids is 1. The molecule has 0 aliphatic carbocycles. The maximum atomic E-state index is 10.9. The Morgan fingerprint density at radius 2 is 2.21 bits per heavy atom. The molecule has 0 saturated heterocycles. The summed E-state index contributed by atoms with van der Waals surface area (Å²) in [6, 6.07) is 7.02. The molecule has 0 radical (unpaired) electrons. The Balaban J connectivity index is 2.41. The van der Waals surface area contributed by atoms with E-state index >= 15 is 0 Å². The smallest absolute Gasteiger partial charge is 0.233 e. The van der Waals surface area contributed by atoms with Crippen LogP contribution >= 0.6 is 0 Å². The highest BCUT2D eigenvalue weighted by Crippen LogP contribution is 2.27. The zero-order valence-electron chi connectivity index (χ0n) is 10.8. The van der Waals surface area contributed by atoms with Gasteiger partial charge in [-0.05, 0) is 25.0 Å². The van der Waals surface area contributed by atoms with Crippen LogP contribution in [0, 0.1) is 11.3 Å². The van der Waals surface area contributed by atoms with E-state index in [9.17, 15) is 4.79 Å². The summed E-state index contributed by atoms with van der Waals surface area (Å²) in [5.41, 5.74) is 2.59. The Hall–Kier alpha value is -2.26. The second-order valence-electron chi connectivity index (χ2n) is 3.85. The van der Waals surface area contributed by atoms with E-state index in [1.807, 2.05) is 6.07 Å². The number of nitrogens with one attached hydrogen (secondary N) is 1. The third-order valence-electron chi connectivity index (χ3n) is 2.51. The highest BCUT2D eigenvalue weighted by atomic mass is 16.5. The number of hydrogen-bond acceptors (Lipinski definition) is 5. The quantitative estimate of drug-likeness (QED) is 0.332. The van der Waals surface area contributed by atoms with Crippen molar-refractivity contribution in [3.63, 3.8) is 0 Å². The van der Waals surface area contributed by atoms with Crippen molar-refractivity contribution < 1.29 is 14.3 Å². The number of hydrogen-bond donors (Lipinski definition) is 2. The Morgan fingerprint density at radius 3 is 2.84 bits per heavy atom. The molecule has 0 atom stereocenters. The minimum atomic E-state index is -0.184. The summed E-state index contributed by atoms with van der Waals surface area (Å²) in [6.07, 6.45) is 1.81. The predicted molar refractivity (Wildman–Crippen MR) is 69.4 cm³/mol. The van der Waals surface area contributed by atoms with E-state index in [-0.39, 0.29) is 5.91 Å². The summed E-state index contributed by atoms with van der Waals surface area (Å²) >= 11 is 0.